The third kappa shape index (κ3) is 2.14. The summed E-state index contributed by atoms with van der Waals surface area (Å²) in [4.78, 5) is 7.46. The molecule has 3 heteroatoms. The number of aromatic nitrogens is 2. The maximum atomic E-state index is 8.84. The standard InChI is InChI=1S/C13H16N2O/c1-9-3-4-10(2)11(7-9)12-8-14-13(15-12)5-6-16/h3-4,7-8,16H,5-6H2,1-2H3,(H,14,15). The third-order valence-electron chi connectivity index (χ3n) is 2.66. The topological polar surface area (TPSA) is 48.9 Å². The molecule has 1 heterocycles. The van der Waals surface area contributed by atoms with Gasteiger partial charge in [-0.05, 0) is 25.5 Å². The first-order valence-corrected chi connectivity index (χ1v) is 5.43. The van der Waals surface area contributed by atoms with Crippen molar-refractivity contribution in [2.24, 2.45) is 0 Å². The van der Waals surface area contributed by atoms with Gasteiger partial charge in [0.25, 0.3) is 0 Å². The van der Waals surface area contributed by atoms with Gasteiger partial charge in [-0.3, -0.25) is 0 Å². The lowest BCUT2D eigenvalue weighted by molar-refractivity contribution is 0.297. The van der Waals surface area contributed by atoms with E-state index in [9.17, 15) is 0 Å². The lowest BCUT2D eigenvalue weighted by atomic mass is 10.0. The van der Waals surface area contributed by atoms with Gasteiger partial charge in [-0.15, -0.1) is 0 Å². The number of rotatable bonds is 3. The van der Waals surface area contributed by atoms with Gasteiger partial charge in [-0.2, -0.15) is 0 Å². The van der Waals surface area contributed by atoms with Gasteiger partial charge >= 0.3 is 0 Å². The van der Waals surface area contributed by atoms with E-state index in [1.54, 1.807) is 0 Å². The van der Waals surface area contributed by atoms with Gasteiger partial charge in [0.2, 0.25) is 0 Å². The molecule has 0 fully saturated rings. The zero-order valence-corrected chi connectivity index (χ0v) is 9.62. The Balaban J connectivity index is 2.38. The third-order valence-corrected chi connectivity index (χ3v) is 2.66. The van der Waals surface area contributed by atoms with Crippen molar-refractivity contribution in [3.05, 3.63) is 41.3 Å². The van der Waals surface area contributed by atoms with Crippen LogP contribution in [-0.4, -0.2) is 21.7 Å². The summed E-state index contributed by atoms with van der Waals surface area (Å²) in [5, 5.41) is 8.84. The van der Waals surface area contributed by atoms with Crippen LogP contribution in [-0.2, 0) is 6.42 Å². The molecule has 0 spiro atoms. The van der Waals surface area contributed by atoms with Crippen LogP contribution in [0.1, 0.15) is 17.0 Å². The van der Waals surface area contributed by atoms with Crippen LogP contribution in [0.15, 0.2) is 24.4 Å². The van der Waals surface area contributed by atoms with Crippen LogP contribution in [0.2, 0.25) is 0 Å². The fourth-order valence-electron chi connectivity index (χ4n) is 1.76. The number of nitrogens with zero attached hydrogens (tertiary/aromatic N) is 1. The van der Waals surface area contributed by atoms with Crippen LogP contribution >= 0.6 is 0 Å². The van der Waals surface area contributed by atoms with E-state index in [4.69, 9.17) is 5.11 Å². The minimum absolute atomic E-state index is 0.125. The number of hydrogen-bond acceptors (Lipinski definition) is 2. The smallest absolute Gasteiger partial charge is 0.108 e. The number of aromatic amines is 1. The molecule has 0 bridgehead atoms. The second-order valence-electron chi connectivity index (χ2n) is 4.04. The van der Waals surface area contributed by atoms with Crippen molar-refractivity contribution in [2.75, 3.05) is 6.61 Å². The van der Waals surface area contributed by atoms with Crippen LogP contribution < -0.4 is 0 Å². The monoisotopic (exact) mass is 216 g/mol. The lowest BCUT2D eigenvalue weighted by Gasteiger charge is -2.04. The first kappa shape index (κ1) is 10.9. The summed E-state index contributed by atoms with van der Waals surface area (Å²) < 4.78 is 0. The maximum Gasteiger partial charge on any atom is 0.108 e. The average molecular weight is 216 g/mol. The molecule has 84 valence electrons. The molecule has 0 aliphatic rings. The van der Waals surface area contributed by atoms with Crippen LogP contribution in [0.25, 0.3) is 11.3 Å². The molecule has 2 rings (SSSR count). The van der Waals surface area contributed by atoms with E-state index in [0.29, 0.717) is 6.42 Å². The molecule has 0 radical (unpaired) electrons. The van der Waals surface area contributed by atoms with E-state index < -0.39 is 0 Å². The molecule has 16 heavy (non-hydrogen) atoms. The number of aryl methyl sites for hydroxylation is 2. The van der Waals surface area contributed by atoms with E-state index >= 15 is 0 Å². The molecule has 0 unspecified atom stereocenters. The summed E-state index contributed by atoms with van der Waals surface area (Å²) in [5.41, 5.74) is 4.66. The predicted octanol–water partition coefficient (Wildman–Crippen LogP) is 2.23. The predicted molar refractivity (Wildman–Crippen MR) is 64.3 cm³/mol. The largest absolute Gasteiger partial charge is 0.396 e. The van der Waals surface area contributed by atoms with Crippen molar-refractivity contribution in [3.63, 3.8) is 0 Å². The van der Waals surface area contributed by atoms with E-state index in [-0.39, 0.29) is 6.61 Å². The quantitative estimate of drug-likeness (QED) is 0.826. The molecular formula is C13H16N2O. The number of imidazole rings is 1. The lowest BCUT2D eigenvalue weighted by Crippen LogP contribution is -1.92. The molecule has 0 aliphatic carbocycles. The Morgan fingerprint density at radius 3 is 2.88 bits per heavy atom. The highest BCUT2D eigenvalue weighted by Gasteiger charge is 2.05. The molecule has 1 aromatic carbocycles. The Kier molecular flexibility index (Phi) is 3.06. The average Bonchev–Trinajstić information content (AvgIpc) is 2.71. The SMILES string of the molecule is Cc1ccc(C)c(-c2cnc(CCO)[nH]2)c1. The van der Waals surface area contributed by atoms with Gasteiger partial charge in [-0.1, -0.05) is 17.7 Å². The normalized spacial score (nSPS) is 10.7. The van der Waals surface area contributed by atoms with E-state index in [2.05, 4.69) is 42.0 Å². The van der Waals surface area contributed by atoms with Gasteiger partial charge in [0, 0.05) is 12.0 Å². The van der Waals surface area contributed by atoms with Crippen molar-refractivity contribution in [1.82, 2.24) is 9.97 Å². The Bertz CT molecular complexity index is 488. The van der Waals surface area contributed by atoms with Gasteiger partial charge in [0.15, 0.2) is 0 Å². The van der Waals surface area contributed by atoms with Crippen molar-refractivity contribution < 1.29 is 5.11 Å². The number of benzene rings is 1. The van der Waals surface area contributed by atoms with Crippen LogP contribution in [0.3, 0.4) is 0 Å². The van der Waals surface area contributed by atoms with Crippen molar-refractivity contribution >= 4 is 0 Å². The Hall–Kier alpha value is -1.61. The zero-order valence-electron chi connectivity index (χ0n) is 9.62. The number of hydrogen-bond donors (Lipinski definition) is 2. The summed E-state index contributed by atoms with van der Waals surface area (Å²) in [6.45, 7) is 4.29. The number of H-pyrrole nitrogens is 1. The van der Waals surface area contributed by atoms with Crippen LogP contribution in [0.4, 0.5) is 0 Å². The zero-order chi connectivity index (χ0) is 11.5. The van der Waals surface area contributed by atoms with E-state index in [1.807, 2.05) is 6.20 Å². The Morgan fingerprint density at radius 2 is 2.12 bits per heavy atom. The highest BCUT2D eigenvalue weighted by molar-refractivity contribution is 5.63. The van der Waals surface area contributed by atoms with E-state index in [1.165, 1.54) is 16.7 Å². The maximum absolute atomic E-state index is 8.84. The molecule has 0 atom stereocenters. The highest BCUT2D eigenvalue weighted by atomic mass is 16.3. The second-order valence-corrected chi connectivity index (χ2v) is 4.04. The van der Waals surface area contributed by atoms with Crippen LogP contribution in [0.5, 0.6) is 0 Å². The van der Waals surface area contributed by atoms with E-state index in [0.717, 1.165) is 11.5 Å². The van der Waals surface area contributed by atoms with Gasteiger partial charge in [0.1, 0.15) is 5.82 Å². The minimum Gasteiger partial charge on any atom is -0.396 e. The molecule has 2 N–H and O–H groups in total. The molecule has 0 saturated heterocycles. The summed E-state index contributed by atoms with van der Waals surface area (Å²) in [6, 6.07) is 6.35. The number of aliphatic hydroxyl groups excluding tert-OH is 1. The van der Waals surface area contributed by atoms with Gasteiger partial charge in [-0.25, -0.2) is 4.98 Å². The number of nitrogens with one attached hydrogen (secondary N) is 1. The van der Waals surface area contributed by atoms with Crippen LogP contribution in [0, 0.1) is 13.8 Å². The molecule has 3 nitrogen and oxygen atoms in total. The summed E-state index contributed by atoms with van der Waals surface area (Å²) in [6.07, 6.45) is 2.40. The molecule has 2 aromatic rings. The minimum atomic E-state index is 0.125. The fourth-order valence-corrected chi connectivity index (χ4v) is 1.76. The van der Waals surface area contributed by atoms with Crippen molar-refractivity contribution in [2.45, 2.75) is 20.3 Å². The summed E-state index contributed by atoms with van der Waals surface area (Å²) in [7, 11) is 0. The fraction of sp³-hybridized carbons (Fsp3) is 0.308. The van der Waals surface area contributed by atoms with Crippen molar-refractivity contribution in [3.8, 4) is 11.3 Å². The molecular weight excluding hydrogens is 200 g/mol. The Labute approximate surface area is 95.2 Å². The molecule has 0 amide bonds. The number of aliphatic hydroxyl groups is 1. The summed E-state index contributed by atoms with van der Waals surface area (Å²) in [5.74, 6) is 0.832. The second kappa shape index (κ2) is 4.49. The molecule has 0 aliphatic heterocycles. The Morgan fingerprint density at radius 1 is 1.31 bits per heavy atom. The first-order valence-electron chi connectivity index (χ1n) is 5.43. The first-order chi connectivity index (χ1) is 7.70. The summed E-state index contributed by atoms with van der Waals surface area (Å²) >= 11 is 0. The van der Waals surface area contributed by atoms with Gasteiger partial charge < -0.3 is 10.1 Å². The van der Waals surface area contributed by atoms with Crippen molar-refractivity contribution in [1.29, 1.82) is 0 Å². The molecule has 1 aromatic heterocycles. The highest BCUT2D eigenvalue weighted by Crippen LogP contribution is 2.22. The molecule has 0 saturated carbocycles. The van der Waals surface area contributed by atoms with Gasteiger partial charge in [0.05, 0.1) is 18.5 Å².